The third kappa shape index (κ3) is 3.17. The van der Waals surface area contributed by atoms with Gasteiger partial charge in [-0.25, -0.2) is 9.07 Å². The van der Waals surface area contributed by atoms with E-state index in [9.17, 15) is 9.18 Å². The lowest BCUT2D eigenvalue weighted by Crippen LogP contribution is -2.14. The van der Waals surface area contributed by atoms with Gasteiger partial charge in [0.1, 0.15) is 12.4 Å². The van der Waals surface area contributed by atoms with Crippen molar-refractivity contribution in [1.29, 1.82) is 0 Å². The van der Waals surface area contributed by atoms with E-state index in [-0.39, 0.29) is 33.6 Å². The summed E-state index contributed by atoms with van der Waals surface area (Å²) in [5.41, 5.74) is 8.87. The number of halogens is 2. The van der Waals surface area contributed by atoms with Crippen LogP contribution in [0.1, 0.15) is 10.4 Å². The van der Waals surface area contributed by atoms with Gasteiger partial charge in [0.05, 0.1) is 11.3 Å². The smallest absolute Gasteiger partial charge is 0.240 e. The fourth-order valence-electron chi connectivity index (χ4n) is 1.98. The molecule has 0 aliphatic heterocycles. The molecular formula is C14H11ClFN5O2S. The van der Waals surface area contributed by atoms with E-state index in [1.165, 1.54) is 27.8 Å². The molecule has 24 heavy (non-hydrogen) atoms. The Kier molecular flexibility index (Phi) is 4.36. The summed E-state index contributed by atoms with van der Waals surface area (Å²) in [7, 11) is 0. The molecule has 0 bridgehead atoms. The molecule has 3 N–H and O–H groups in total. The van der Waals surface area contributed by atoms with Crippen LogP contribution in [0.25, 0.3) is 0 Å². The van der Waals surface area contributed by atoms with E-state index < -0.39 is 5.82 Å². The standard InChI is InChI=1S/C14H11ClFN5O2S/c15-9-6-8(3-4-10(9)16)11(22)7-20-14(24)21(13(17)19-20)18-12-2-1-5-23-12/h1-6,18H,7H2,(H2,17,19). The predicted octanol–water partition coefficient (Wildman–Crippen LogP) is 3.14. The highest BCUT2D eigenvalue weighted by atomic mass is 35.5. The van der Waals surface area contributed by atoms with Crippen molar-refractivity contribution >= 4 is 41.4 Å². The molecule has 0 saturated carbocycles. The maximum Gasteiger partial charge on any atom is 0.240 e. The molecule has 0 aliphatic carbocycles. The number of nitrogen functional groups attached to an aromatic ring is 1. The highest BCUT2D eigenvalue weighted by molar-refractivity contribution is 7.71. The first-order valence-electron chi connectivity index (χ1n) is 6.70. The summed E-state index contributed by atoms with van der Waals surface area (Å²) in [5, 5.41) is 3.89. The van der Waals surface area contributed by atoms with Gasteiger partial charge in [0.25, 0.3) is 0 Å². The summed E-state index contributed by atoms with van der Waals surface area (Å²) >= 11 is 10.9. The lowest BCUT2D eigenvalue weighted by Gasteiger charge is -2.04. The third-order valence-electron chi connectivity index (χ3n) is 3.14. The van der Waals surface area contributed by atoms with Gasteiger partial charge in [0, 0.05) is 11.6 Å². The molecule has 0 spiro atoms. The molecule has 0 aliphatic rings. The van der Waals surface area contributed by atoms with Gasteiger partial charge in [-0.1, -0.05) is 11.6 Å². The van der Waals surface area contributed by atoms with Gasteiger partial charge in [-0.3, -0.25) is 10.2 Å². The van der Waals surface area contributed by atoms with Gasteiger partial charge in [0.15, 0.2) is 5.78 Å². The number of nitrogens with two attached hydrogens (primary N) is 1. The Balaban J connectivity index is 1.84. The molecule has 124 valence electrons. The number of rotatable bonds is 5. The van der Waals surface area contributed by atoms with E-state index in [0.717, 1.165) is 6.07 Å². The molecule has 2 aromatic heterocycles. The molecule has 3 rings (SSSR count). The number of hydrogen-bond donors (Lipinski definition) is 2. The minimum atomic E-state index is -0.596. The molecule has 10 heteroatoms. The Bertz CT molecular complexity index is 951. The van der Waals surface area contributed by atoms with Crippen LogP contribution in [0.15, 0.2) is 41.0 Å². The maximum atomic E-state index is 13.2. The van der Waals surface area contributed by atoms with Crippen molar-refractivity contribution in [2.75, 3.05) is 11.2 Å². The highest BCUT2D eigenvalue weighted by Crippen LogP contribution is 2.17. The van der Waals surface area contributed by atoms with Crippen LogP contribution in [0.5, 0.6) is 0 Å². The lowest BCUT2D eigenvalue weighted by molar-refractivity contribution is 0.0967. The van der Waals surface area contributed by atoms with Gasteiger partial charge in [-0.15, -0.1) is 5.10 Å². The van der Waals surface area contributed by atoms with Crippen molar-refractivity contribution in [1.82, 2.24) is 14.5 Å². The third-order valence-corrected chi connectivity index (χ3v) is 3.83. The molecule has 3 aromatic rings. The second kappa shape index (κ2) is 6.46. The largest absolute Gasteiger partial charge is 0.447 e. The zero-order valence-corrected chi connectivity index (χ0v) is 13.6. The number of hydrogen-bond acceptors (Lipinski definition) is 6. The van der Waals surface area contributed by atoms with E-state index in [0.29, 0.717) is 5.88 Å². The van der Waals surface area contributed by atoms with Crippen LogP contribution >= 0.6 is 23.8 Å². The number of ketones is 1. The Morgan fingerprint density at radius 2 is 2.25 bits per heavy atom. The van der Waals surface area contributed by atoms with Gasteiger partial charge < -0.3 is 10.2 Å². The van der Waals surface area contributed by atoms with Crippen molar-refractivity contribution in [2.45, 2.75) is 6.54 Å². The van der Waals surface area contributed by atoms with Crippen molar-refractivity contribution in [2.24, 2.45) is 0 Å². The topological polar surface area (TPSA) is 91.0 Å². The Labute approximate surface area is 145 Å². The molecule has 0 unspecified atom stereocenters. The van der Waals surface area contributed by atoms with Crippen LogP contribution in [-0.4, -0.2) is 20.2 Å². The average molecular weight is 368 g/mol. The number of benzene rings is 1. The number of furan rings is 1. The summed E-state index contributed by atoms with van der Waals surface area (Å²) in [6, 6.07) is 7.08. The summed E-state index contributed by atoms with van der Waals surface area (Å²) in [6.45, 7) is -0.169. The zero-order chi connectivity index (χ0) is 17.3. The van der Waals surface area contributed by atoms with Gasteiger partial charge >= 0.3 is 0 Å². The van der Waals surface area contributed by atoms with Crippen molar-refractivity contribution < 1.29 is 13.6 Å². The highest BCUT2D eigenvalue weighted by Gasteiger charge is 2.14. The van der Waals surface area contributed by atoms with Gasteiger partial charge in [0.2, 0.25) is 16.6 Å². The summed E-state index contributed by atoms with van der Waals surface area (Å²) < 4.78 is 21.0. The van der Waals surface area contributed by atoms with Crippen LogP contribution in [-0.2, 0) is 6.54 Å². The van der Waals surface area contributed by atoms with Crippen LogP contribution < -0.4 is 11.2 Å². The second-order valence-corrected chi connectivity index (χ2v) is 5.55. The fraction of sp³-hybridized carbons (Fsp3) is 0.0714. The SMILES string of the molecule is Nc1nn(CC(=O)c2ccc(F)c(Cl)c2)c(=S)n1Nc1ccco1. The first-order chi connectivity index (χ1) is 11.5. The minimum absolute atomic E-state index is 0.0568. The minimum Gasteiger partial charge on any atom is -0.447 e. The molecule has 2 heterocycles. The molecule has 0 atom stereocenters. The molecule has 0 radical (unpaired) electrons. The van der Waals surface area contributed by atoms with Crippen LogP contribution in [0.3, 0.4) is 0 Å². The number of nitrogens with one attached hydrogen (secondary N) is 1. The normalized spacial score (nSPS) is 10.8. The van der Waals surface area contributed by atoms with E-state index in [4.69, 9.17) is 34.0 Å². The summed E-state index contributed by atoms with van der Waals surface area (Å²) in [6.07, 6.45) is 1.48. The second-order valence-electron chi connectivity index (χ2n) is 4.78. The van der Waals surface area contributed by atoms with Crippen molar-refractivity contribution in [3.05, 3.63) is 57.8 Å². The molecule has 0 amide bonds. The Morgan fingerprint density at radius 1 is 1.46 bits per heavy atom. The van der Waals surface area contributed by atoms with E-state index in [1.807, 2.05) is 0 Å². The average Bonchev–Trinajstić information content (AvgIpc) is 3.14. The number of nitrogens with zero attached hydrogens (tertiary/aromatic N) is 3. The van der Waals surface area contributed by atoms with Crippen molar-refractivity contribution in [3.8, 4) is 0 Å². The molecule has 1 aromatic carbocycles. The number of carbonyl (C=O) groups excluding carboxylic acids is 1. The zero-order valence-electron chi connectivity index (χ0n) is 12.1. The monoisotopic (exact) mass is 367 g/mol. The molecular weight excluding hydrogens is 357 g/mol. The van der Waals surface area contributed by atoms with Crippen LogP contribution in [0, 0.1) is 10.6 Å². The molecule has 0 fully saturated rings. The van der Waals surface area contributed by atoms with E-state index >= 15 is 0 Å². The Morgan fingerprint density at radius 3 is 2.92 bits per heavy atom. The van der Waals surface area contributed by atoms with Crippen LogP contribution in [0.2, 0.25) is 5.02 Å². The van der Waals surface area contributed by atoms with E-state index in [2.05, 4.69) is 10.5 Å². The first kappa shape index (κ1) is 16.2. The number of Topliss-reactive ketones (excluding diaryl/α,β-unsaturated/α-hetero) is 1. The summed E-state index contributed by atoms with van der Waals surface area (Å²) in [5.74, 6) is -0.466. The van der Waals surface area contributed by atoms with E-state index in [1.54, 1.807) is 12.1 Å². The summed E-state index contributed by atoms with van der Waals surface area (Å²) in [4.78, 5) is 12.3. The van der Waals surface area contributed by atoms with Gasteiger partial charge in [-0.05, 0) is 36.5 Å². The molecule has 7 nitrogen and oxygen atoms in total. The number of carbonyl (C=O) groups is 1. The fourth-order valence-corrected chi connectivity index (χ4v) is 2.41. The quantitative estimate of drug-likeness (QED) is 0.531. The maximum absolute atomic E-state index is 13.2. The lowest BCUT2D eigenvalue weighted by atomic mass is 10.1. The predicted molar refractivity (Wildman–Crippen MR) is 88.9 cm³/mol. The Hall–Kier alpha value is -2.65. The number of aromatic nitrogens is 3. The first-order valence-corrected chi connectivity index (χ1v) is 7.48. The molecule has 0 saturated heterocycles. The van der Waals surface area contributed by atoms with Crippen molar-refractivity contribution in [3.63, 3.8) is 0 Å². The number of anilines is 2. The van der Waals surface area contributed by atoms with Gasteiger partial charge in [-0.2, -0.15) is 4.68 Å². The van der Waals surface area contributed by atoms with Crippen LogP contribution in [0.4, 0.5) is 16.2 Å².